The molecule has 2 atom stereocenters. The Balaban J connectivity index is 0.00000243. The van der Waals surface area contributed by atoms with Crippen molar-refractivity contribution in [3.05, 3.63) is 0 Å². The highest BCUT2D eigenvalue weighted by Crippen LogP contribution is 2.41. The van der Waals surface area contributed by atoms with Gasteiger partial charge in [0, 0.05) is 33.7 Å². The summed E-state index contributed by atoms with van der Waals surface area (Å²) >= 11 is 0. The van der Waals surface area contributed by atoms with Crippen LogP contribution < -0.4 is 5.32 Å². The molecule has 3 rings (SSSR count). The van der Waals surface area contributed by atoms with Gasteiger partial charge in [0.2, 0.25) is 5.91 Å². The number of hydrogen-bond donors (Lipinski definition) is 1. The summed E-state index contributed by atoms with van der Waals surface area (Å²) in [5.74, 6) is 3.04. The van der Waals surface area contributed by atoms with Crippen LogP contribution in [0.25, 0.3) is 0 Å². The molecule has 2 aliphatic heterocycles. The van der Waals surface area contributed by atoms with Crippen molar-refractivity contribution in [1.82, 2.24) is 15.1 Å². The third-order valence-electron chi connectivity index (χ3n) is 5.55. The molecule has 0 radical (unpaired) electrons. The van der Waals surface area contributed by atoms with Gasteiger partial charge in [0.15, 0.2) is 15.8 Å². The van der Waals surface area contributed by atoms with Crippen LogP contribution in [0.15, 0.2) is 4.99 Å². The van der Waals surface area contributed by atoms with Crippen LogP contribution in [0.5, 0.6) is 0 Å². The van der Waals surface area contributed by atoms with Crippen molar-refractivity contribution in [3.8, 4) is 0 Å². The van der Waals surface area contributed by atoms with Gasteiger partial charge in [-0.2, -0.15) is 0 Å². The summed E-state index contributed by atoms with van der Waals surface area (Å²) in [5, 5.41) is 3.36. The molecular formula is C17H31IN4O3S. The lowest BCUT2D eigenvalue weighted by Gasteiger charge is -2.23. The largest absolute Gasteiger partial charge is 0.356 e. The van der Waals surface area contributed by atoms with Crippen molar-refractivity contribution >= 4 is 45.7 Å². The SMILES string of the molecule is CN(C)C(=O)CN=C(NCC1CCS(=O)(=O)C1)N1CCC(C2CC2)C1.I. The molecule has 9 heteroatoms. The molecule has 1 aliphatic carbocycles. The Kier molecular flexibility index (Phi) is 7.58. The molecule has 3 aliphatic rings. The minimum absolute atomic E-state index is 0. The molecule has 150 valence electrons. The number of carbonyl (C=O) groups excluding carboxylic acids is 1. The molecule has 2 saturated heterocycles. The first-order valence-corrected chi connectivity index (χ1v) is 11.1. The average Bonchev–Trinajstić information content (AvgIpc) is 3.18. The van der Waals surface area contributed by atoms with Gasteiger partial charge in [-0.05, 0) is 43.4 Å². The average molecular weight is 498 g/mol. The second-order valence-corrected chi connectivity index (χ2v) is 10.1. The van der Waals surface area contributed by atoms with E-state index in [0.717, 1.165) is 30.9 Å². The number of rotatable bonds is 5. The third kappa shape index (κ3) is 5.97. The first kappa shape index (κ1) is 21.7. The van der Waals surface area contributed by atoms with Crippen LogP contribution >= 0.6 is 24.0 Å². The van der Waals surface area contributed by atoms with Crippen LogP contribution in [-0.4, -0.2) is 81.9 Å². The Hall–Kier alpha value is -0.580. The van der Waals surface area contributed by atoms with Gasteiger partial charge >= 0.3 is 0 Å². The number of nitrogens with zero attached hydrogens (tertiary/aromatic N) is 3. The van der Waals surface area contributed by atoms with E-state index < -0.39 is 9.84 Å². The fourth-order valence-electron chi connectivity index (χ4n) is 3.75. The van der Waals surface area contributed by atoms with Crippen LogP contribution in [-0.2, 0) is 14.6 Å². The summed E-state index contributed by atoms with van der Waals surface area (Å²) in [7, 11) is 0.594. The molecule has 2 heterocycles. The summed E-state index contributed by atoms with van der Waals surface area (Å²) in [5.41, 5.74) is 0. The van der Waals surface area contributed by atoms with Gasteiger partial charge in [0.1, 0.15) is 6.54 Å². The number of carbonyl (C=O) groups is 1. The van der Waals surface area contributed by atoms with Gasteiger partial charge in [0.05, 0.1) is 11.5 Å². The van der Waals surface area contributed by atoms with Gasteiger partial charge in [-0.15, -0.1) is 24.0 Å². The molecule has 1 amide bonds. The number of halogens is 1. The Morgan fingerprint density at radius 3 is 2.50 bits per heavy atom. The van der Waals surface area contributed by atoms with Crippen LogP contribution in [0.3, 0.4) is 0 Å². The lowest BCUT2D eigenvalue weighted by Crippen LogP contribution is -2.43. The molecule has 26 heavy (non-hydrogen) atoms. The van der Waals surface area contributed by atoms with Gasteiger partial charge in [-0.3, -0.25) is 4.79 Å². The van der Waals surface area contributed by atoms with E-state index in [4.69, 9.17) is 0 Å². The van der Waals surface area contributed by atoms with E-state index in [-0.39, 0.29) is 48.1 Å². The molecule has 1 N–H and O–H groups in total. The third-order valence-corrected chi connectivity index (χ3v) is 7.39. The highest BCUT2D eigenvalue weighted by atomic mass is 127. The standard InChI is InChI=1S/C17H30N4O3S.HI/c1-20(2)16(22)10-19-17(18-9-13-6-8-25(23,24)12-13)21-7-5-15(11-21)14-3-4-14;/h13-15H,3-12H2,1-2H3,(H,18,19);1H. The van der Waals surface area contributed by atoms with Crippen molar-refractivity contribution in [2.75, 3.05) is 51.8 Å². The molecule has 0 spiro atoms. The van der Waals surface area contributed by atoms with Crippen molar-refractivity contribution in [2.45, 2.75) is 25.7 Å². The zero-order chi connectivity index (χ0) is 18.0. The van der Waals surface area contributed by atoms with E-state index in [1.54, 1.807) is 19.0 Å². The van der Waals surface area contributed by atoms with E-state index in [2.05, 4.69) is 15.2 Å². The minimum atomic E-state index is -2.87. The van der Waals surface area contributed by atoms with Gasteiger partial charge in [-0.1, -0.05) is 0 Å². The lowest BCUT2D eigenvalue weighted by molar-refractivity contribution is -0.127. The topological polar surface area (TPSA) is 82.1 Å². The fraction of sp³-hybridized carbons (Fsp3) is 0.882. The first-order chi connectivity index (χ1) is 11.8. The molecule has 0 aromatic carbocycles. The number of nitrogens with one attached hydrogen (secondary N) is 1. The summed E-state index contributed by atoms with van der Waals surface area (Å²) in [4.78, 5) is 20.2. The van der Waals surface area contributed by atoms with Crippen LogP contribution in [0.2, 0.25) is 0 Å². The second-order valence-electron chi connectivity index (χ2n) is 7.91. The van der Waals surface area contributed by atoms with E-state index in [1.165, 1.54) is 19.3 Å². The van der Waals surface area contributed by atoms with Crippen molar-refractivity contribution in [2.24, 2.45) is 22.7 Å². The predicted octanol–water partition coefficient (Wildman–Crippen LogP) is 0.805. The lowest BCUT2D eigenvalue weighted by atomic mass is 10.0. The van der Waals surface area contributed by atoms with E-state index in [1.807, 2.05) is 0 Å². The number of hydrogen-bond acceptors (Lipinski definition) is 4. The number of guanidine groups is 1. The number of likely N-dealkylation sites (N-methyl/N-ethyl adjacent to an activating group) is 1. The normalized spacial score (nSPS) is 27.9. The first-order valence-electron chi connectivity index (χ1n) is 9.28. The fourth-order valence-corrected chi connectivity index (χ4v) is 5.61. The molecule has 3 fully saturated rings. The smallest absolute Gasteiger partial charge is 0.243 e. The number of likely N-dealkylation sites (tertiary alicyclic amines) is 1. The van der Waals surface area contributed by atoms with Gasteiger partial charge in [0.25, 0.3) is 0 Å². The molecule has 0 bridgehead atoms. The second kappa shape index (κ2) is 9.07. The zero-order valence-corrected chi connectivity index (χ0v) is 18.8. The van der Waals surface area contributed by atoms with Gasteiger partial charge < -0.3 is 15.1 Å². The molecular weight excluding hydrogens is 467 g/mol. The minimum Gasteiger partial charge on any atom is -0.356 e. The summed E-state index contributed by atoms with van der Waals surface area (Å²) in [6, 6.07) is 0. The quantitative estimate of drug-likeness (QED) is 0.345. The zero-order valence-electron chi connectivity index (χ0n) is 15.7. The van der Waals surface area contributed by atoms with Crippen LogP contribution in [0.1, 0.15) is 25.7 Å². The maximum Gasteiger partial charge on any atom is 0.243 e. The molecule has 0 aromatic rings. The Morgan fingerprint density at radius 2 is 1.92 bits per heavy atom. The Labute approximate surface area is 173 Å². The van der Waals surface area contributed by atoms with E-state index in [9.17, 15) is 13.2 Å². The van der Waals surface area contributed by atoms with Crippen LogP contribution in [0.4, 0.5) is 0 Å². The molecule has 2 unspecified atom stereocenters. The molecule has 7 nitrogen and oxygen atoms in total. The predicted molar refractivity (Wildman–Crippen MR) is 114 cm³/mol. The summed E-state index contributed by atoms with van der Waals surface area (Å²) in [6.45, 7) is 2.70. The highest BCUT2D eigenvalue weighted by Gasteiger charge is 2.37. The maximum atomic E-state index is 11.9. The number of sulfone groups is 1. The maximum absolute atomic E-state index is 11.9. The monoisotopic (exact) mass is 498 g/mol. The highest BCUT2D eigenvalue weighted by molar-refractivity contribution is 14.0. The van der Waals surface area contributed by atoms with Crippen LogP contribution in [0, 0.1) is 17.8 Å². The number of aliphatic imine (C=N–C) groups is 1. The Morgan fingerprint density at radius 1 is 1.19 bits per heavy atom. The Bertz CT molecular complexity index is 634. The van der Waals surface area contributed by atoms with E-state index in [0.29, 0.717) is 18.7 Å². The van der Waals surface area contributed by atoms with Crippen molar-refractivity contribution < 1.29 is 13.2 Å². The van der Waals surface area contributed by atoms with Gasteiger partial charge in [-0.25, -0.2) is 13.4 Å². The van der Waals surface area contributed by atoms with E-state index >= 15 is 0 Å². The summed E-state index contributed by atoms with van der Waals surface area (Å²) < 4.78 is 23.3. The summed E-state index contributed by atoms with van der Waals surface area (Å²) in [6.07, 6.45) is 4.59. The number of amides is 1. The van der Waals surface area contributed by atoms with Crippen molar-refractivity contribution in [1.29, 1.82) is 0 Å². The molecule has 1 saturated carbocycles. The van der Waals surface area contributed by atoms with Crippen molar-refractivity contribution in [3.63, 3.8) is 0 Å². The molecule has 0 aromatic heterocycles.